The minimum Gasteiger partial charge on any atom is -0.466 e. The highest BCUT2D eigenvalue weighted by atomic mass is 35.5. The van der Waals surface area contributed by atoms with Crippen molar-refractivity contribution in [1.82, 2.24) is 9.80 Å². The monoisotopic (exact) mass is 445 g/mol. The van der Waals surface area contributed by atoms with E-state index in [-0.39, 0.29) is 12.3 Å². The second-order valence-corrected chi connectivity index (χ2v) is 8.69. The number of likely N-dealkylation sites (tertiary alicyclic amines) is 1. The van der Waals surface area contributed by atoms with Crippen LogP contribution in [0.2, 0.25) is 5.02 Å². The molecule has 3 aliphatic heterocycles. The number of halogens is 1. The third kappa shape index (κ3) is 3.88. The number of ether oxygens (including phenoxy) is 1. The molecule has 0 radical (unpaired) electrons. The Morgan fingerprint density at radius 1 is 1.23 bits per heavy atom. The number of amides is 1. The number of aliphatic imine (C=N–C) groups is 1. The van der Waals surface area contributed by atoms with E-state index in [0.717, 1.165) is 42.4 Å². The van der Waals surface area contributed by atoms with Gasteiger partial charge in [-0.3, -0.25) is 4.79 Å². The van der Waals surface area contributed by atoms with Crippen molar-refractivity contribution in [2.45, 2.75) is 38.6 Å². The molecule has 1 aromatic rings. The molecule has 1 amide bonds. The number of fused-ring (bicyclic) bond motifs is 1. The maximum absolute atomic E-state index is 12.8. The average Bonchev–Trinajstić information content (AvgIpc) is 3.43. The second kappa shape index (κ2) is 8.86. The maximum atomic E-state index is 12.8. The number of carbonyl (C=O) groups is 2. The second-order valence-electron chi connectivity index (χ2n) is 7.42. The highest BCUT2D eigenvalue weighted by molar-refractivity contribution is 8.16. The highest BCUT2D eigenvalue weighted by Crippen LogP contribution is 2.45. The van der Waals surface area contributed by atoms with Crippen molar-refractivity contribution in [2.75, 3.05) is 20.2 Å². The number of thioether (sulfide) groups is 1. The van der Waals surface area contributed by atoms with E-state index in [2.05, 4.69) is 0 Å². The smallest absolute Gasteiger partial charge is 0.338 e. The molecule has 1 unspecified atom stereocenters. The highest BCUT2D eigenvalue weighted by Gasteiger charge is 2.41. The van der Waals surface area contributed by atoms with E-state index in [1.165, 1.54) is 18.9 Å². The van der Waals surface area contributed by atoms with E-state index in [0.29, 0.717) is 22.7 Å². The van der Waals surface area contributed by atoms with Crippen LogP contribution in [0.5, 0.6) is 0 Å². The molecule has 30 heavy (non-hydrogen) atoms. The van der Waals surface area contributed by atoms with Gasteiger partial charge in [0.15, 0.2) is 5.17 Å². The number of carbonyl (C=O) groups excluding carboxylic acids is 2. The van der Waals surface area contributed by atoms with Gasteiger partial charge in [-0.05, 0) is 42.4 Å². The van der Waals surface area contributed by atoms with E-state index in [1.54, 1.807) is 0 Å². The van der Waals surface area contributed by atoms with Crippen molar-refractivity contribution in [3.8, 4) is 0 Å². The summed E-state index contributed by atoms with van der Waals surface area (Å²) in [7, 11) is 1.38. The molecule has 6 nitrogen and oxygen atoms in total. The van der Waals surface area contributed by atoms with Gasteiger partial charge in [-0.1, -0.05) is 42.4 Å². The van der Waals surface area contributed by atoms with Gasteiger partial charge in [0.25, 0.3) is 0 Å². The molecule has 1 saturated heterocycles. The predicted octanol–water partition coefficient (Wildman–Crippen LogP) is 4.49. The number of amidine groups is 1. The first-order chi connectivity index (χ1) is 14.5. The maximum Gasteiger partial charge on any atom is 0.338 e. The van der Waals surface area contributed by atoms with E-state index in [9.17, 15) is 9.59 Å². The summed E-state index contributed by atoms with van der Waals surface area (Å²) in [5, 5.41) is 3.38. The van der Waals surface area contributed by atoms with Crippen LogP contribution >= 0.6 is 23.4 Å². The molecule has 3 aliphatic rings. The zero-order valence-electron chi connectivity index (χ0n) is 17.1. The fourth-order valence-electron chi connectivity index (χ4n) is 4.11. The zero-order valence-corrected chi connectivity index (χ0v) is 18.6. The van der Waals surface area contributed by atoms with Crippen molar-refractivity contribution >= 4 is 40.4 Å². The summed E-state index contributed by atoms with van der Waals surface area (Å²) in [6.07, 6.45) is 3.00. The van der Waals surface area contributed by atoms with Crippen LogP contribution in [0, 0.1) is 0 Å². The Balaban J connectivity index is 1.74. The van der Waals surface area contributed by atoms with E-state index < -0.39 is 12.0 Å². The molecule has 0 aliphatic carbocycles. The largest absolute Gasteiger partial charge is 0.466 e. The number of rotatable bonds is 5. The van der Waals surface area contributed by atoms with Crippen LogP contribution in [0.1, 0.15) is 44.2 Å². The van der Waals surface area contributed by atoms with Crippen LogP contribution in [0.4, 0.5) is 0 Å². The molecule has 0 bridgehead atoms. The van der Waals surface area contributed by atoms with Gasteiger partial charge in [0.2, 0.25) is 5.91 Å². The Bertz CT molecular complexity index is 949. The van der Waals surface area contributed by atoms with Crippen LogP contribution in [-0.2, 0) is 14.3 Å². The van der Waals surface area contributed by atoms with Crippen molar-refractivity contribution in [3.05, 3.63) is 57.2 Å². The van der Waals surface area contributed by atoms with E-state index >= 15 is 0 Å². The third-order valence-electron chi connectivity index (χ3n) is 5.61. The lowest BCUT2D eigenvalue weighted by Gasteiger charge is -2.36. The van der Waals surface area contributed by atoms with Crippen LogP contribution in [-0.4, -0.2) is 47.0 Å². The summed E-state index contributed by atoms with van der Waals surface area (Å²) in [4.78, 5) is 34.3. The first-order valence-electron chi connectivity index (χ1n) is 10.1. The number of nitrogens with zero attached hydrogens (tertiary/aromatic N) is 3. The van der Waals surface area contributed by atoms with Gasteiger partial charge in [-0.2, -0.15) is 0 Å². The standard InChI is InChI=1S/C22H24ClN3O3S/c1-3-17-19(21(28)29-2)20(14-6-8-15(23)9-7-14)26-16(13-30-22(26)24-17)12-18(27)25-10-4-5-11-25/h6-9,13,20H,3-5,10-12H2,1-2H3. The molecule has 1 atom stereocenters. The Hall–Kier alpha value is -2.25. The summed E-state index contributed by atoms with van der Waals surface area (Å²) in [6.45, 7) is 3.60. The van der Waals surface area contributed by atoms with Crippen molar-refractivity contribution < 1.29 is 14.3 Å². The van der Waals surface area contributed by atoms with Crippen LogP contribution in [0.3, 0.4) is 0 Å². The van der Waals surface area contributed by atoms with Gasteiger partial charge >= 0.3 is 5.97 Å². The zero-order chi connectivity index (χ0) is 21.3. The predicted molar refractivity (Wildman–Crippen MR) is 119 cm³/mol. The van der Waals surface area contributed by atoms with Crippen LogP contribution in [0.25, 0.3) is 0 Å². The normalized spacial score (nSPS) is 20.8. The number of hydrogen-bond donors (Lipinski definition) is 0. The minimum absolute atomic E-state index is 0.111. The van der Waals surface area contributed by atoms with Crippen LogP contribution in [0.15, 0.2) is 51.6 Å². The molecule has 0 aromatic heterocycles. The van der Waals surface area contributed by atoms with Gasteiger partial charge in [0.05, 0.1) is 30.8 Å². The van der Waals surface area contributed by atoms with Crippen molar-refractivity contribution in [1.29, 1.82) is 0 Å². The minimum atomic E-state index is -0.412. The molecule has 158 valence electrons. The first kappa shape index (κ1) is 21.0. The van der Waals surface area contributed by atoms with E-state index in [1.807, 2.05) is 46.4 Å². The van der Waals surface area contributed by atoms with Gasteiger partial charge in [0, 0.05) is 23.8 Å². The molecule has 1 aromatic carbocycles. The van der Waals surface area contributed by atoms with Gasteiger partial charge in [0.1, 0.15) is 0 Å². The molecule has 8 heteroatoms. The molecule has 3 heterocycles. The topological polar surface area (TPSA) is 62.2 Å². The summed E-state index contributed by atoms with van der Waals surface area (Å²) >= 11 is 7.60. The molecule has 0 saturated carbocycles. The van der Waals surface area contributed by atoms with E-state index in [4.69, 9.17) is 21.3 Å². The molecular weight excluding hydrogens is 422 g/mol. The Kier molecular flexibility index (Phi) is 6.20. The molecule has 0 spiro atoms. The lowest BCUT2D eigenvalue weighted by molar-refractivity contribution is -0.136. The molecule has 4 rings (SSSR count). The Morgan fingerprint density at radius 3 is 2.57 bits per heavy atom. The van der Waals surface area contributed by atoms with Gasteiger partial charge < -0.3 is 14.5 Å². The lowest BCUT2D eigenvalue weighted by Crippen LogP contribution is -2.38. The molecule has 0 N–H and O–H groups in total. The van der Waals surface area contributed by atoms with Gasteiger partial charge in [-0.15, -0.1) is 0 Å². The number of hydrogen-bond acceptors (Lipinski definition) is 6. The quantitative estimate of drug-likeness (QED) is 0.625. The first-order valence-corrected chi connectivity index (χ1v) is 11.4. The van der Waals surface area contributed by atoms with Crippen molar-refractivity contribution in [3.63, 3.8) is 0 Å². The molecule has 1 fully saturated rings. The molecular formula is C22H24ClN3O3S. The summed E-state index contributed by atoms with van der Waals surface area (Å²) in [5.74, 6) is -0.294. The third-order valence-corrected chi connectivity index (χ3v) is 6.75. The number of esters is 1. The SMILES string of the molecule is CCC1=C(C(=O)OC)C(c2ccc(Cl)cc2)N2C(CC(=O)N3CCCC3)=CSC2=N1. The summed E-state index contributed by atoms with van der Waals surface area (Å²) in [6, 6.07) is 7.03. The van der Waals surface area contributed by atoms with Crippen LogP contribution < -0.4 is 0 Å². The number of allylic oxidation sites excluding steroid dienone is 1. The number of methoxy groups -OCH3 is 1. The van der Waals surface area contributed by atoms with Gasteiger partial charge in [-0.25, -0.2) is 9.79 Å². The fourth-order valence-corrected chi connectivity index (χ4v) is 5.17. The Morgan fingerprint density at radius 2 is 1.93 bits per heavy atom. The fraction of sp³-hybridized carbons (Fsp3) is 0.409. The Labute approximate surface area is 185 Å². The lowest BCUT2D eigenvalue weighted by atomic mass is 9.93. The summed E-state index contributed by atoms with van der Waals surface area (Å²) in [5.41, 5.74) is 2.97. The number of benzene rings is 1. The van der Waals surface area contributed by atoms with Crippen molar-refractivity contribution in [2.24, 2.45) is 4.99 Å². The average molecular weight is 446 g/mol. The summed E-state index contributed by atoms with van der Waals surface area (Å²) < 4.78 is 5.12.